The molecule has 0 aliphatic carbocycles. The summed E-state index contributed by atoms with van der Waals surface area (Å²) >= 11 is 0. The number of rotatable bonds is 9. The Labute approximate surface area is 186 Å². The van der Waals surface area contributed by atoms with Gasteiger partial charge in [0.15, 0.2) is 6.61 Å². The Kier molecular flexibility index (Phi) is 8.99. The van der Waals surface area contributed by atoms with Crippen LogP contribution in [0.3, 0.4) is 0 Å². The molecule has 0 atom stereocenters. The van der Waals surface area contributed by atoms with Crippen molar-refractivity contribution in [1.29, 1.82) is 5.26 Å². The van der Waals surface area contributed by atoms with E-state index in [0.29, 0.717) is 35.0 Å². The number of carbonyl (C=O) groups excluding carboxylic acids is 3. The van der Waals surface area contributed by atoms with Crippen molar-refractivity contribution in [2.75, 3.05) is 25.6 Å². The van der Waals surface area contributed by atoms with Crippen LogP contribution in [0.25, 0.3) is 6.08 Å². The molecule has 0 unspecified atom stereocenters. The molecule has 0 saturated heterocycles. The average molecular weight is 435 g/mol. The third-order valence-corrected chi connectivity index (χ3v) is 4.20. The molecule has 0 aromatic heterocycles. The van der Waals surface area contributed by atoms with Gasteiger partial charge in [0.05, 0.1) is 12.7 Å². The largest absolute Gasteiger partial charge is 0.484 e. The van der Waals surface area contributed by atoms with Gasteiger partial charge in [0.2, 0.25) is 0 Å². The van der Waals surface area contributed by atoms with Crippen LogP contribution in [0.5, 0.6) is 5.75 Å². The van der Waals surface area contributed by atoms with Crippen molar-refractivity contribution in [1.82, 2.24) is 5.32 Å². The number of nitrogens with one attached hydrogen (secondary N) is 2. The van der Waals surface area contributed by atoms with Gasteiger partial charge in [-0.05, 0) is 54.0 Å². The fourth-order valence-electron chi connectivity index (χ4n) is 2.50. The summed E-state index contributed by atoms with van der Waals surface area (Å²) in [6.45, 7) is 4.50. The van der Waals surface area contributed by atoms with E-state index in [0.717, 1.165) is 0 Å². The van der Waals surface area contributed by atoms with E-state index in [-0.39, 0.29) is 18.1 Å². The molecule has 2 aromatic carbocycles. The number of hydrogen-bond donors (Lipinski definition) is 2. The standard InChI is InChI=1S/C24H25N3O5/c1-16(2)14-26-22(28)15-32-21-10-4-17(5-11-21)12-19(13-25)23(29)27-20-8-6-18(7-9-20)24(30)31-3/h4-12,16H,14-15H2,1-3H3,(H,26,28)(H,27,29)/b19-12-. The van der Waals surface area contributed by atoms with Crippen molar-refractivity contribution in [3.05, 3.63) is 65.2 Å². The smallest absolute Gasteiger partial charge is 0.337 e. The van der Waals surface area contributed by atoms with E-state index in [9.17, 15) is 19.6 Å². The fourth-order valence-corrected chi connectivity index (χ4v) is 2.50. The van der Waals surface area contributed by atoms with Crippen LogP contribution >= 0.6 is 0 Å². The van der Waals surface area contributed by atoms with Crippen LogP contribution < -0.4 is 15.4 Å². The first-order chi connectivity index (χ1) is 15.3. The normalized spacial score (nSPS) is 10.8. The van der Waals surface area contributed by atoms with Gasteiger partial charge in [-0.1, -0.05) is 26.0 Å². The molecule has 0 bridgehead atoms. The van der Waals surface area contributed by atoms with Crippen LogP contribution in [0.15, 0.2) is 54.1 Å². The highest BCUT2D eigenvalue weighted by Gasteiger charge is 2.11. The summed E-state index contributed by atoms with van der Waals surface area (Å²) in [5, 5.41) is 14.7. The van der Waals surface area contributed by atoms with E-state index in [4.69, 9.17) is 4.74 Å². The summed E-state index contributed by atoms with van der Waals surface area (Å²) in [5.74, 6) is -0.415. The predicted octanol–water partition coefficient (Wildman–Crippen LogP) is 3.17. The fraction of sp³-hybridized carbons (Fsp3) is 0.250. The summed E-state index contributed by atoms with van der Waals surface area (Å²) < 4.78 is 10.1. The Hall–Kier alpha value is -4.12. The topological polar surface area (TPSA) is 118 Å². The minimum absolute atomic E-state index is 0.0937. The van der Waals surface area contributed by atoms with Gasteiger partial charge >= 0.3 is 5.97 Å². The van der Waals surface area contributed by atoms with Crippen LogP contribution in [0.2, 0.25) is 0 Å². The second kappa shape index (κ2) is 11.9. The van der Waals surface area contributed by atoms with Crippen molar-refractivity contribution in [2.24, 2.45) is 5.92 Å². The molecule has 2 aromatic rings. The number of amides is 2. The number of benzene rings is 2. The first-order valence-electron chi connectivity index (χ1n) is 9.93. The lowest BCUT2D eigenvalue weighted by atomic mass is 10.1. The van der Waals surface area contributed by atoms with Crippen LogP contribution in [0.1, 0.15) is 29.8 Å². The van der Waals surface area contributed by atoms with Gasteiger partial charge in [-0.3, -0.25) is 9.59 Å². The molecule has 0 spiro atoms. The molecular weight excluding hydrogens is 410 g/mol. The SMILES string of the molecule is COC(=O)c1ccc(NC(=O)/C(C#N)=C\c2ccc(OCC(=O)NCC(C)C)cc2)cc1. The minimum atomic E-state index is -0.583. The highest BCUT2D eigenvalue weighted by atomic mass is 16.5. The molecule has 8 nitrogen and oxygen atoms in total. The molecule has 0 radical (unpaired) electrons. The highest BCUT2D eigenvalue weighted by Crippen LogP contribution is 2.16. The monoisotopic (exact) mass is 435 g/mol. The number of nitrogens with zero attached hydrogens (tertiary/aromatic N) is 1. The van der Waals surface area contributed by atoms with Crippen molar-refractivity contribution < 1.29 is 23.9 Å². The first kappa shape index (κ1) is 24.2. The van der Waals surface area contributed by atoms with E-state index in [1.165, 1.54) is 25.3 Å². The lowest BCUT2D eigenvalue weighted by Crippen LogP contribution is -2.31. The van der Waals surface area contributed by atoms with E-state index in [1.54, 1.807) is 36.4 Å². The maximum atomic E-state index is 12.4. The number of hydrogen-bond acceptors (Lipinski definition) is 6. The van der Waals surface area contributed by atoms with E-state index in [1.807, 2.05) is 19.9 Å². The quantitative estimate of drug-likeness (QED) is 0.355. The van der Waals surface area contributed by atoms with Gasteiger partial charge in [-0.15, -0.1) is 0 Å². The molecule has 166 valence electrons. The molecule has 2 rings (SSSR count). The average Bonchev–Trinajstić information content (AvgIpc) is 2.80. The van der Waals surface area contributed by atoms with E-state index >= 15 is 0 Å². The maximum absolute atomic E-state index is 12.4. The molecule has 0 aliphatic rings. The molecule has 2 amide bonds. The Morgan fingerprint density at radius 2 is 1.72 bits per heavy atom. The third-order valence-electron chi connectivity index (χ3n) is 4.20. The van der Waals surface area contributed by atoms with Gasteiger partial charge in [0.25, 0.3) is 11.8 Å². The van der Waals surface area contributed by atoms with Crippen LogP contribution in [-0.2, 0) is 14.3 Å². The van der Waals surface area contributed by atoms with Crippen molar-refractivity contribution in [2.45, 2.75) is 13.8 Å². The highest BCUT2D eigenvalue weighted by molar-refractivity contribution is 6.09. The third kappa shape index (κ3) is 7.61. The molecule has 8 heteroatoms. The van der Waals surface area contributed by atoms with Crippen molar-refractivity contribution in [3.63, 3.8) is 0 Å². The van der Waals surface area contributed by atoms with Crippen molar-refractivity contribution >= 4 is 29.5 Å². The molecule has 0 fully saturated rings. The second-order valence-corrected chi connectivity index (χ2v) is 7.25. The summed E-state index contributed by atoms with van der Waals surface area (Å²) in [7, 11) is 1.28. The lowest BCUT2D eigenvalue weighted by Gasteiger charge is -2.09. The Morgan fingerprint density at radius 1 is 1.06 bits per heavy atom. The Balaban J connectivity index is 1.97. The number of ether oxygens (including phenoxy) is 2. The van der Waals surface area contributed by atoms with E-state index in [2.05, 4.69) is 15.4 Å². The summed E-state index contributed by atoms with van der Waals surface area (Å²) in [4.78, 5) is 35.6. The van der Waals surface area contributed by atoms with Crippen molar-refractivity contribution in [3.8, 4) is 11.8 Å². The van der Waals surface area contributed by atoms with Gasteiger partial charge in [0, 0.05) is 12.2 Å². The molecule has 0 aliphatic heterocycles. The number of methoxy groups -OCH3 is 1. The van der Waals surface area contributed by atoms with Gasteiger partial charge in [-0.25, -0.2) is 4.79 Å². The maximum Gasteiger partial charge on any atom is 0.337 e. The molecular formula is C24H25N3O5. The number of nitriles is 1. The zero-order chi connectivity index (χ0) is 23.5. The molecule has 0 heterocycles. The van der Waals surface area contributed by atoms with Gasteiger partial charge in [-0.2, -0.15) is 5.26 Å². The minimum Gasteiger partial charge on any atom is -0.484 e. The number of carbonyl (C=O) groups is 3. The van der Waals surface area contributed by atoms with Gasteiger partial charge in [0.1, 0.15) is 17.4 Å². The zero-order valence-electron chi connectivity index (χ0n) is 18.2. The zero-order valence-corrected chi connectivity index (χ0v) is 18.2. The summed E-state index contributed by atoms with van der Waals surface area (Å²) in [6.07, 6.45) is 1.44. The Bertz CT molecular complexity index is 1020. The summed E-state index contributed by atoms with van der Waals surface area (Å²) in [6, 6.07) is 14.7. The van der Waals surface area contributed by atoms with Crippen LogP contribution in [0, 0.1) is 17.2 Å². The molecule has 2 N–H and O–H groups in total. The van der Waals surface area contributed by atoms with E-state index < -0.39 is 11.9 Å². The van der Waals surface area contributed by atoms with Crippen LogP contribution in [0.4, 0.5) is 5.69 Å². The predicted molar refractivity (Wildman–Crippen MR) is 120 cm³/mol. The first-order valence-corrected chi connectivity index (χ1v) is 9.93. The Morgan fingerprint density at radius 3 is 2.28 bits per heavy atom. The number of anilines is 1. The second-order valence-electron chi connectivity index (χ2n) is 7.25. The summed E-state index contributed by atoms with van der Waals surface area (Å²) in [5.41, 5.74) is 1.31. The van der Waals surface area contributed by atoms with Gasteiger partial charge < -0.3 is 20.1 Å². The molecule has 0 saturated carbocycles. The molecule has 32 heavy (non-hydrogen) atoms. The number of esters is 1. The van der Waals surface area contributed by atoms with Crippen LogP contribution in [-0.4, -0.2) is 38.0 Å². The lowest BCUT2D eigenvalue weighted by molar-refractivity contribution is -0.123.